The third-order valence-electron chi connectivity index (χ3n) is 4.11. The van der Waals surface area contributed by atoms with Crippen molar-refractivity contribution in [2.45, 2.75) is 44.3 Å². The van der Waals surface area contributed by atoms with E-state index in [1.54, 1.807) is 12.1 Å². The van der Waals surface area contributed by atoms with Gasteiger partial charge in [-0.15, -0.1) is 0 Å². The van der Waals surface area contributed by atoms with Crippen molar-refractivity contribution in [3.8, 4) is 11.5 Å². The van der Waals surface area contributed by atoms with Crippen LogP contribution in [-0.2, 0) is 23.0 Å². The molecule has 0 fully saturated rings. The van der Waals surface area contributed by atoms with Gasteiger partial charge in [-0.25, -0.2) is 0 Å². The lowest BCUT2D eigenvalue weighted by Gasteiger charge is -2.16. The SMILES string of the molecule is C[C@@H](Cc1ccc(S(=O)(=O)O)cc1)Cc1ccc2c(c1)OC(C)(C)O2. The fraction of sp³-hybridized carbons (Fsp3) is 0.368. The lowest BCUT2D eigenvalue weighted by molar-refractivity contribution is -0.0431. The van der Waals surface area contributed by atoms with Gasteiger partial charge in [0.25, 0.3) is 10.1 Å². The van der Waals surface area contributed by atoms with Gasteiger partial charge in [-0.1, -0.05) is 25.1 Å². The second-order valence-electron chi connectivity index (χ2n) is 7.02. The molecule has 0 saturated heterocycles. The maximum atomic E-state index is 11.1. The summed E-state index contributed by atoms with van der Waals surface area (Å²) in [6.45, 7) is 5.91. The van der Waals surface area contributed by atoms with Crippen LogP contribution < -0.4 is 9.47 Å². The van der Waals surface area contributed by atoms with Crippen LogP contribution >= 0.6 is 0 Å². The highest BCUT2D eigenvalue weighted by molar-refractivity contribution is 7.85. The fourth-order valence-corrected chi connectivity index (χ4v) is 3.55. The molecule has 1 aliphatic rings. The predicted molar refractivity (Wildman–Crippen MR) is 94.6 cm³/mol. The van der Waals surface area contributed by atoms with Gasteiger partial charge >= 0.3 is 0 Å². The minimum Gasteiger partial charge on any atom is -0.449 e. The molecule has 2 aromatic rings. The standard InChI is InChI=1S/C19H22O5S/c1-13(10-14-4-7-16(8-5-14)25(20,21)22)11-15-6-9-17-18(12-15)24-19(2,3)23-17/h4-9,12-13H,10-11H2,1-3H3,(H,20,21,22)/t13-/m0/s1. The third kappa shape index (κ3) is 4.32. The Kier molecular flexibility index (Phi) is 4.51. The van der Waals surface area contributed by atoms with Crippen LogP contribution in [0.2, 0.25) is 0 Å². The van der Waals surface area contributed by atoms with Crippen LogP contribution in [0.1, 0.15) is 31.9 Å². The summed E-state index contributed by atoms with van der Waals surface area (Å²) in [5.41, 5.74) is 2.20. The number of ether oxygens (including phenoxy) is 2. The summed E-state index contributed by atoms with van der Waals surface area (Å²) in [7, 11) is -4.14. The Labute approximate surface area is 148 Å². The molecule has 3 rings (SSSR count). The summed E-state index contributed by atoms with van der Waals surface area (Å²) in [4.78, 5) is -0.0812. The first-order chi connectivity index (χ1) is 11.6. The van der Waals surface area contributed by atoms with E-state index in [1.165, 1.54) is 17.7 Å². The van der Waals surface area contributed by atoms with Crippen LogP contribution in [0.5, 0.6) is 11.5 Å². The topological polar surface area (TPSA) is 72.8 Å². The summed E-state index contributed by atoms with van der Waals surface area (Å²) < 4.78 is 42.7. The Morgan fingerprint density at radius 1 is 0.960 bits per heavy atom. The lowest BCUT2D eigenvalue weighted by atomic mass is 9.94. The zero-order valence-electron chi connectivity index (χ0n) is 14.5. The normalized spacial score (nSPS) is 16.6. The average molecular weight is 362 g/mol. The molecule has 0 aliphatic carbocycles. The van der Waals surface area contributed by atoms with Crippen LogP contribution in [-0.4, -0.2) is 18.8 Å². The van der Waals surface area contributed by atoms with Gasteiger partial charge in [-0.2, -0.15) is 8.42 Å². The molecule has 5 nitrogen and oxygen atoms in total. The van der Waals surface area contributed by atoms with Gasteiger partial charge < -0.3 is 9.47 Å². The summed E-state index contributed by atoms with van der Waals surface area (Å²) in [6.07, 6.45) is 1.68. The largest absolute Gasteiger partial charge is 0.449 e. The predicted octanol–water partition coefficient (Wildman–Crippen LogP) is 3.86. The van der Waals surface area contributed by atoms with Crippen molar-refractivity contribution >= 4 is 10.1 Å². The number of benzene rings is 2. The molecule has 134 valence electrons. The molecule has 1 heterocycles. The van der Waals surface area contributed by atoms with Crippen molar-refractivity contribution in [3.63, 3.8) is 0 Å². The number of fused-ring (bicyclic) bond motifs is 1. The van der Waals surface area contributed by atoms with Crippen molar-refractivity contribution in [2.24, 2.45) is 5.92 Å². The summed E-state index contributed by atoms with van der Waals surface area (Å²) >= 11 is 0. The molecule has 2 aromatic carbocycles. The second kappa shape index (κ2) is 6.35. The highest BCUT2D eigenvalue weighted by Crippen LogP contribution is 2.39. The van der Waals surface area contributed by atoms with Crippen LogP contribution in [0.15, 0.2) is 47.4 Å². The molecule has 6 heteroatoms. The summed E-state index contributed by atoms with van der Waals surface area (Å²) in [5.74, 6) is 1.28. The van der Waals surface area contributed by atoms with E-state index in [0.29, 0.717) is 5.92 Å². The van der Waals surface area contributed by atoms with E-state index in [1.807, 2.05) is 32.0 Å². The first kappa shape index (κ1) is 17.8. The van der Waals surface area contributed by atoms with E-state index in [4.69, 9.17) is 14.0 Å². The molecule has 0 unspecified atom stereocenters. The molecule has 0 bridgehead atoms. The van der Waals surface area contributed by atoms with E-state index in [9.17, 15) is 8.42 Å². The van der Waals surface area contributed by atoms with E-state index in [0.717, 1.165) is 29.9 Å². The van der Waals surface area contributed by atoms with E-state index in [2.05, 4.69) is 6.92 Å². The Hall–Kier alpha value is -2.05. The quantitative estimate of drug-likeness (QED) is 0.818. The molecular formula is C19H22O5S. The minimum absolute atomic E-state index is 0.0812. The van der Waals surface area contributed by atoms with Crippen LogP contribution in [0, 0.1) is 5.92 Å². The Balaban J connectivity index is 1.65. The molecule has 0 amide bonds. The molecule has 1 aliphatic heterocycles. The van der Waals surface area contributed by atoms with Gasteiger partial charge in [-0.3, -0.25) is 4.55 Å². The van der Waals surface area contributed by atoms with Gasteiger partial charge in [-0.05, 0) is 54.2 Å². The monoisotopic (exact) mass is 362 g/mol. The summed E-state index contributed by atoms with van der Waals surface area (Å²) in [6, 6.07) is 12.3. The number of hydrogen-bond donors (Lipinski definition) is 1. The van der Waals surface area contributed by atoms with Gasteiger partial charge in [0, 0.05) is 13.8 Å². The molecule has 25 heavy (non-hydrogen) atoms. The molecule has 0 saturated carbocycles. The summed E-state index contributed by atoms with van der Waals surface area (Å²) in [5, 5.41) is 0. The number of hydrogen-bond acceptors (Lipinski definition) is 4. The van der Waals surface area contributed by atoms with Gasteiger partial charge in [0.15, 0.2) is 11.5 Å². The van der Waals surface area contributed by atoms with Gasteiger partial charge in [0.2, 0.25) is 5.79 Å². The van der Waals surface area contributed by atoms with Crippen LogP contribution in [0.3, 0.4) is 0 Å². The molecule has 0 radical (unpaired) electrons. The maximum Gasteiger partial charge on any atom is 0.294 e. The highest BCUT2D eigenvalue weighted by atomic mass is 32.2. The first-order valence-corrected chi connectivity index (χ1v) is 9.64. The Morgan fingerprint density at radius 2 is 1.52 bits per heavy atom. The zero-order chi connectivity index (χ0) is 18.2. The maximum absolute atomic E-state index is 11.1. The molecule has 0 aromatic heterocycles. The number of rotatable bonds is 5. The minimum atomic E-state index is -4.14. The smallest absolute Gasteiger partial charge is 0.294 e. The molecule has 0 spiro atoms. The van der Waals surface area contributed by atoms with Crippen molar-refractivity contribution in [2.75, 3.05) is 0 Å². The van der Waals surface area contributed by atoms with Crippen molar-refractivity contribution in [1.29, 1.82) is 0 Å². The molecular weight excluding hydrogens is 340 g/mol. The van der Waals surface area contributed by atoms with Gasteiger partial charge in [0.05, 0.1) is 4.90 Å². The van der Waals surface area contributed by atoms with E-state index < -0.39 is 15.9 Å². The van der Waals surface area contributed by atoms with Crippen molar-refractivity contribution < 1.29 is 22.4 Å². The Morgan fingerprint density at radius 3 is 2.16 bits per heavy atom. The second-order valence-corrected chi connectivity index (χ2v) is 8.44. The zero-order valence-corrected chi connectivity index (χ0v) is 15.3. The van der Waals surface area contributed by atoms with E-state index >= 15 is 0 Å². The van der Waals surface area contributed by atoms with Crippen molar-refractivity contribution in [1.82, 2.24) is 0 Å². The van der Waals surface area contributed by atoms with Crippen LogP contribution in [0.25, 0.3) is 0 Å². The molecule has 1 atom stereocenters. The molecule has 1 N–H and O–H groups in total. The lowest BCUT2D eigenvalue weighted by Crippen LogP contribution is -2.29. The third-order valence-corrected chi connectivity index (χ3v) is 4.98. The van der Waals surface area contributed by atoms with Crippen LogP contribution in [0.4, 0.5) is 0 Å². The van der Waals surface area contributed by atoms with Crippen molar-refractivity contribution in [3.05, 3.63) is 53.6 Å². The first-order valence-electron chi connectivity index (χ1n) is 8.20. The fourth-order valence-electron chi connectivity index (χ4n) is 3.07. The van der Waals surface area contributed by atoms with E-state index in [-0.39, 0.29) is 4.90 Å². The Bertz CT molecular complexity index is 869. The van der Waals surface area contributed by atoms with Gasteiger partial charge in [0.1, 0.15) is 0 Å². The average Bonchev–Trinajstić information content (AvgIpc) is 2.80. The highest BCUT2D eigenvalue weighted by Gasteiger charge is 2.31.